The van der Waals surface area contributed by atoms with Gasteiger partial charge in [0.2, 0.25) is 0 Å². The van der Waals surface area contributed by atoms with Crippen molar-refractivity contribution in [2.45, 2.75) is 39.2 Å². The van der Waals surface area contributed by atoms with Crippen molar-refractivity contribution in [2.75, 3.05) is 19.8 Å². The first-order valence-electron chi connectivity index (χ1n) is 7.18. The molecule has 1 aromatic carbocycles. The molecule has 1 aliphatic rings. The Balaban J connectivity index is 1.81. The highest BCUT2D eigenvalue weighted by Crippen LogP contribution is 2.31. The second kappa shape index (κ2) is 6.92. The summed E-state index contributed by atoms with van der Waals surface area (Å²) in [7, 11) is 0. The van der Waals surface area contributed by atoms with Gasteiger partial charge in [-0.2, -0.15) is 0 Å². The topological polar surface area (TPSA) is 38.7 Å². The van der Waals surface area contributed by atoms with Crippen LogP contribution in [0.4, 0.5) is 0 Å². The monoisotopic (exact) mass is 264 g/mol. The second-order valence-electron chi connectivity index (χ2n) is 5.59. The third-order valence-corrected chi connectivity index (χ3v) is 3.34. The van der Waals surface area contributed by atoms with E-state index >= 15 is 0 Å². The molecular weight excluding hydrogens is 240 g/mol. The van der Waals surface area contributed by atoms with Crippen molar-refractivity contribution in [3.05, 3.63) is 29.3 Å². The van der Waals surface area contributed by atoms with E-state index in [2.05, 4.69) is 19.9 Å². The fourth-order valence-corrected chi connectivity index (χ4v) is 2.39. The highest BCUT2D eigenvalue weighted by atomic mass is 16.5. The van der Waals surface area contributed by atoms with Crippen molar-refractivity contribution in [2.24, 2.45) is 5.92 Å². The minimum atomic E-state index is -0.299. The molecule has 19 heavy (non-hydrogen) atoms. The summed E-state index contributed by atoms with van der Waals surface area (Å²) in [6.07, 6.45) is 2.66. The highest BCUT2D eigenvalue weighted by molar-refractivity contribution is 5.38. The molecule has 3 nitrogen and oxygen atoms in total. The van der Waals surface area contributed by atoms with Crippen molar-refractivity contribution in [1.29, 1.82) is 0 Å². The van der Waals surface area contributed by atoms with Gasteiger partial charge in [0.05, 0.1) is 12.7 Å². The molecule has 3 heteroatoms. The first kappa shape index (κ1) is 14.4. The number of benzene rings is 1. The zero-order valence-corrected chi connectivity index (χ0v) is 11.9. The van der Waals surface area contributed by atoms with Crippen LogP contribution in [-0.2, 0) is 11.2 Å². The zero-order chi connectivity index (χ0) is 13.7. The van der Waals surface area contributed by atoms with E-state index in [1.54, 1.807) is 0 Å². The normalized spacial score (nSPS) is 18.4. The Morgan fingerprint density at radius 2 is 2.16 bits per heavy atom. The van der Waals surface area contributed by atoms with Crippen LogP contribution >= 0.6 is 0 Å². The molecule has 0 heterocycles. The molecule has 106 valence electrons. The Bertz CT molecular complexity index is 401. The third kappa shape index (κ3) is 4.22. The molecule has 0 saturated heterocycles. The Kier molecular flexibility index (Phi) is 5.23. The van der Waals surface area contributed by atoms with E-state index in [9.17, 15) is 5.11 Å². The largest absolute Gasteiger partial charge is 0.491 e. The Morgan fingerprint density at radius 1 is 1.32 bits per heavy atom. The smallest absolute Gasteiger partial charge is 0.119 e. The summed E-state index contributed by atoms with van der Waals surface area (Å²) in [5.74, 6) is 1.44. The molecule has 0 amide bonds. The van der Waals surface area contributed by atoms with Gasteiger partial charge >= 0.3 is 0 Å². The van der Waals surface area contributed by atoms with Gasteiger partial charge in [0.15, 0.2) is 0 Å². The maximum absolute atomic E-state index is 9.89. The van der Waals surface area contributed by atoms with Gasteiger partial charge in [-0.25, -0.2) is 0 Å². The number of hydrogen-bond donors (Lipinski definition) is 1. The van der Waals surface area contributed by atoms with Crippen LogP contribution in [0.25, 0.3) is 0 Å². The molecule has 0 spiro atoms. The van der Waals surface area contributed by atoms with Crippen LogP contribution in [0.15, 0.2) is 18.2 Å². The summed E-state index contributed by atoms with van der Waals surface area (Å²) >= 11 is 0. The Hall–Kier alpha value is -1.06. The van der Waals surface area contributed by atoms with E-state index in [0.717, 1.165) is 37.2 Å². The van der Waals surface area contributed by atoms with Crippen molar-refractivity contribution in [1.82, 2.24) is 0 Å². The lowest BCUT2D eigenvalue weighted by Crippen LogP contribution is -2.12. The van der Waals surface area contributed by atoms with Gasteiger partial charge in [-0.05, 0) is 48.4 Å². The molecule has 1 aromatic rings. The number of aliphatic hydroxyl groups excluding tert-OH is 1. The van der Waals surface area contributed by atoms with E-state index < -0.39 is 0 Å². The predicted molar refractivity (Wildman–Crippen MR) is 75.5 cm³/mol. The first-order valence-corrected chi connectivity index (χ1v) is 7.18. The van der Waals surface area contributed by atoms with Crippen LogP contribution in [0.1, 0.15) is 43.9 Å². The quantitative estimate of drug-likeness (QED) is 0.802. The Morgan fingerprint density at radius 3 is 2.95 bits per heavy atom. The molecular formula is C16H24O3. The van der Waals surface area contributed by atoms with Crippen LogP contribution in [0.2, 0.25) is 0 Å². The number of aryl methyl sites for hydroxylation is 1. The van der Waals surface area contributed by atoms with Crippen LogP contribution in [0, 0.1) is 5.92 Å². The van der Waals surface area contributed by atoms with Crippen LogP contribution in [0.5, 0.6) is 5.75 Å². The minimum absolute atomic E-state index is 0.299. The molecule has 0 fully saturated rings. The van der Waals surface area contributed by atoms with E-state index in [-0.39, 0.29) is 6.10 Å². The van der Waals surface area contributed by atoms with Crippen molar-refractivity contribution in [3.63, 3.8) is 0 Å². The molecule has 0 radical (unpaired) electrons. The lowest BCUT2D eigenvalue weighted by atomic mass is 9.89. The van der Waals surface area contributed by atoms with Gasteiger partial charge in [0.25, 0.3) is 0 Å². The van der Waals surface area contributed by atoms with Gasteiger partial charge in [-0.15, -0.1) is 0 Å². The number of rotatable bonds is 6. The molecule has 2 rings (SSSR count). The molecule has 0 aromatic heterocycles. The van der Waals surface area contributed by atoms with E-state index in [0.29, 0.717) is 19.1 Å². The first-order chi connectivity index (χ1) is 9.16. The van der Waals surface area contributed by atoms with Crippen molar-refractivity contribution < 1.29 is 14.6 Å². The summed E-state index contributed by atoms with van der Waals surface area (Å²) < 4.78 is 11.2. The van der Waals surface area contributed by atoms with Crippen LogP contribution in [-0.4, -0.2) is 24.9 Å². The van der Waals surface area contributed by atoms with Crippen LogP contribution < -0.4 is 4.74 Å². The number of hydrogen-bond acceptors (Lipinski definition) is 3. The molecule has 1 atom stereocenters. The molecule has 0 bridgehead atoms. The lowest BCUT2D eigenvalue weighted by molar-refractivity contribution is 0.0818. The summed E-state index contributed by atoms with van der Waals surface area (Å²) in [5.41, 5.74) is 2.29. The number of ether oxygens (including phenoxy) is 2. The Labute approximate surface area is 115 Å². The molecule has 1 aliphatic carbocycles. The van der Waals surface area contributed by atoms with Gasteiger partial charge < -0.3 is 14.6 Å². The van der Waals surface area contributed by atoms with Crippen LogP contribution in [0.3, 0.4) is 0 Å². The van der Waals surface area contributed by atoms with E-state index in [4.69, 9.17) is 9.47 Å². The van der Waals surface area contributed by atoms with E-state index in [1.165, 1.54) is 5.56 Å². The summed E-state index contributed by atoms with van der Waals surface area (Å²) in [5, 5.41) is 9.89. The van der Waals surface area contributed by atoms with Gasteiger partial charge in [0, 0.05) is 6.61 Å². The average Bonchev–Trinajstić information content (AvgIpc) is 2.38. The fraction of sp³-hybridized carbons (Fsp3) is 0.625. The second-order valence-corrected chi connectivity index (χ2v) is 5.59. The maximum atomic E-state index is 9.89. The van der Waals surface area contributed by atoms with Gasteiger partial charge in [-0.3, -0.25) is 0 Å². The maximum Gasteiger partial charge on any atom is 0.119 e. The number of fused-ring (bicyclic) bond motifs is 1. The lowest BCUT2D eigenvalue weighted by Gasteiger charge is -2.21. The summed E-state index contributed by atoms with van der Waals surface area (Å²) in [4.78, 5) is 0. The SMILES string of the molecule is CC(C)COCCOc1ccc2c(c1)CCCC2O. The molecule has 1 N–H and O–H groups in total. The molecule has 1 unspecified atom stereocenters. The summed E-state index contributed by atoms with van der Waals surface area (Å²) in [6, 6.07) is 5.99. The average molecular weight is 264 g/mol. The van der Waals surface area contributed by atoms with Gasteiger partial charge in [0.1, 0.15) is 12.4 Å². The third-order valence-electron chi connectivity index (χ3n) is 3.34. The van der Waals surface area contributed by atoms with Crippen molar-refractivity contribution in [3.8, 4) is 5.75 Å². The minimum Gasteiger partial charge on any atom is -0.491 e. The molecule has 0 saturated carbocycles. The molecule has 0 aliphatic heterocycles. The number of aliphatic hydroxyl groups is 1. The van der Waals surface area contributed by atoms with Crippen molar-refractivity contribution >= 4 is 0 Å². The highest BCUT2D eigenvalue weighted by Gasteiger charge is 2.17. The summed E-state index contributed by atoms with van der Waals surface area (Å²) in [6.45, 7) is 6.25. The van der Waals surface area contributed by atoms with E-state index in [1.807, 2.05) is 12.1 Å². The van der Waals surface area contributed by atoms with Gasteiger partial charge in [-0.1, -0.05) is 19.9 Å². The standard InChI is InChI=1S/C16H24O3/c1-12(2)11-18-8-9-19-14-6-7-15-13(10-14)4-3-5-16(15)17/h6-7,10,12,16-17H,3-5,8-9,11H2,1-2H3. The fourth-order valence-electron chi connectivity index (χ4n) is 2.39. The predicted octanol–water partition coefficient (Wildman–Crippen LogP) is 3.11. The zero-order valence-electron chi connectivity index (χ0n) is 11.9.